The van der Waals surface area contributed by atoms with E-state index >= 15 is 0 Å². The molecule has 1 amide bonds. The molecule has 2 aromatic rings. The third kappa shape index (κ3) is 6.19. The first kappa shape index (κ1) is 20.6. The van der Waals surface area contributed by atoms with E-state index in [2.05, 4.69) is 10.4 Å². The van der Waals surface area contributed by atoms with E-state index in [4.69, 9.17) is 9.47 Å². The summed E-state index contributed by atoms with van der Waals surface area (Å²) in [5.74, 6) is 0.637. The van der Waals surface area contributed by atoms with Gasteiger partial charge in [-0.3, -0.25) is 4.68 Å². The number of amides is 1. The monoisotopic (exact) mass is 385 g/mol. The van der Waals surface area contributed by atoms with Crippen LogP contribution in [-0.2, 0) is 24.1 Å². The Bertz CT molecular complexity index is 778. The Morgan fingerprint density at radius 1 is 1.19 bits per heavy atom. The zero-order chi connectivity index (χ0) is 20.2. The lowest BCUT2D eigenvalue weighted by molar-refractivity contribution is -0.141. The Morgan fingerprint density at radius 2 is 1.81 bits per heavy atom. The van der Waals surface area contributed by atoms with Gasteiger partial charge in [0.15, 0.2) is 5.69 Å². The summed E-state index contributed by atoms with van der Waals surface area (Å²) in [7, 11) is 1.52. The smallest absolute Gasteiger partial charge is 0.435 e. The lowest BCUT2D eigenvalue weighted by Crippen LogP contribution is -2.40. The van der Waals surface area contributed by atoms with Crippen LogP contribution in [0.5, 0.6) is 5.75 Å². The SMILES string of the molecule is COc1ccc(Cn2nc(C(F)(F)F)cc2COC(=O)NC(C)(C)C)cc1. The highest BCUT2D eigenvalue weighted by Gasteiger charge is 2.35. The van der Waals surface area contributed by atoms with E-state index in [1.165, 1.54) is 11.8 Å². The largest absolute Gasteiger partial charge is 0.497 e. The van der Waals surface area contributed by atoms with Crippen molar-refractivity contribution >= 4 is 6.09 Å². The van der Waals surface area contributed by atoms with Crippen molar-refractivity contribution in [2.45, 2.75) is 45.6 Å². The summed E-state index contributed by atoms with van der Waals surface area (Å²) in [5, 5.41) is 6.20. The molecule has 0 fully saturated rings. The van der Waals surface area contributed by atoms with E-state index in [1.807, 2.05) is 0 Å². The lowest BCUT2D eigenvalue weighted by atomic mass is 10.1. The van der Waals surface area contributed by atoms with Crippen LogP contribution in [0.3, 0.4) is 0 Å². The Labute approximate surface area is 155 Å². The fourth-order valence-corrected chi connectivity index (χ4v) is 2.23. The second kappa shape index (κ2) is 7.89. The van der Waals surface area contributed by atoms with Crippen molar-refractivity contribution in [1.82, 2.24) is 15.1 Å². The number of halogens is 3. The normalized spacial score (nSPS) is 12.0. The van der Waals surface area contributed by atoms with Gasteiger partial charge in [0, 0.05) is 5.54 Å². The van der Waals surface area contributed by atoms with E-state index in [0.29, 0.717) is 5.75 Å². The highest BCUT2D eigenvalue weighted by Crippen LogP contribution is 2.29. The molecule has 9 heteroatoms. The van der Waals surface area contributed by atoms with Gasteiger partial charge >= 0.3 is 12.3 Å². The molecule has 1 N–H and O–H groups in total. The Kier molecular flexibility index (Phi) is 6.02. The molecule has 2 rings (SSSR count). The summed E-state index contributed by atoms with van der Waals surface area (Å²) in [5.41, 5.74) is -0.682. The van der Waals surface area contributed by atoms with Gasteiger partial charge in [-0.25, -0.2) is 4.79 Å². The van der Waals surface area contributed by atoms with Crippen molar-refractivity contribution in [3.8, 4) is 5.75 Å². The maximum Gasteiger partial charge on any atom is 0.435 e. The average Bonchev–Trinajstić information content (AvgIpc) is 2.95. The van der Waals surface area contributed by atoms with Gasteiger partial charge in [-0.15, -0.1) is 0 Å². The summed E-state index contributed by atoms with van der Waals surface area (Å²) in [6.45, 7) is 5.07. The van der Waals surface area contributed by atoms with Gasteiger partial charge in [0.25, 0.3) is 0 Å². The van der Waals surface area contributed by atoms with Crippen LogP contribution in [0.1, 0.15) is 37.7 Å². The van der Waals surface area contributed by atoms with Gasteiger partial charge in [-0.05, 0) is 44.5 Å². The molecule has 27 heavy (non-hydrogen) atoms. The number of nitrogens with zero attached hydrogens (tertiary/aromatic N) is 2. The number of nitrogens with one attached hydrogen (secondary N) is 1. The molecule has 0 aliphatic rings. The Morgan fingerprint density at radius 3 is 2.33 bits per heavy atom. The van der Waals surface area contributed by atoms with E-state index in [9.17, 15) is 18.0 Å². The van der Waals surface area contributed by atoms with Crippen molar-refractivity contribution < 1.29 is 27.4 Å². The van der Waals surface area contributed by atoms with Crippen LogP contribution < -0.4 is 10.1 Å². The number of alkyl carbamates (subject to hydrolysis) is 1. The van der Waals surface area contributed by atoms with Crippen molar-refractivity contribution in [2.24, 2.45) is 0 Å². The molecule has 0 bridgehead atoms. The van der Waals surface area contributed by atoms with Gasteiger partial charge in [0.2, 0.25) is 0 Å². The molecule has 0 aliphatic carbocycles. The topological polar surface area (TPSA) is 65.4 Å². The number of aromatic nitrogens is 2. The minimum Gasteiger partial charge on any atom is -0.497 e. The predicted molar refractivity (Wildman–Crippen MR) is 92.4 cm³/mol. The molecule has 0 saturated carbocycles. The molecule has 6 nitrogen and oxygen atoms in total. The van der Waals surface area contributed by atoms with Crippen LogP contribution in [0.2, 0.25) is 0 Å². The van der Waals surface area contributed by atoms with Crippen LogP contribution in [-0.4, -0.2) is 28.5 Å². The maximum absolute atomic E-state index is 13.0. The van der Waals surface area contributed by atoms with Gasteiger partial charge in [-0.1, -0.05) is 12.1 Å². The predicted octanol–water partition coefficient (Wildman–Crippen LogP) is 3.98. The van der Waals surface area contributed by atoms with Crippen LogP contribution in [0.4, 0.5) is 18.0 Å². The minimum atomic E-state index is -4.59. The van der Waals surface area contributed by atoms with E-state index in [-0.39, 0.29) is 18.8 Å². The second-order valence-electron chi connectivity index (χ2n) is 6.98. The summed E-state index contributed by atoms with van der Waals surface area (Å²) in [6.07, 6.45) is -5.30. The van der Waals surface area contributed by atoms with Gasteiger partial charge in [-0.2, -0.15) is 18.3 Å². The number of carbonyl (C=O) groups excluding carboxylic acids is 1. The van der Waals surface area contributed by atoms with E-state index < -0.39 is 23.5 Å². The maximum atomic E-state index is 13.0. The summed E-state index contributed by atoms with van der Waals surface area (Å²) >= 11 is 0. The molecule has 1 aromatic heterocycles. The van der Waals surface area contributed by atoms with Crippen molar-refractivity contribution in [1.29, 1.82) is 0 Å². The third-order valence-corrected chi connectivity index (χ3v) is 3.47. The van der Waals surface area contributed by atoms with E-state index in [1.54, 1.807) is 45.0 Å². The number of hydrogen-bond donors (Lipinski definition) is 1. The lowest BCUT2D eigenvalue weighted by Gasteiger charge is -2.20. The molecular weight excluding hydrogens is 363 g/mol. The molecule has 0 unspecified atom stereocenters. The highest BCUT2D eigenvalue weighted by atomic mass is 19.4. The first-order valence-corrected chi connectivity index (χ1v) is 8.20. The van der Waals surface area contributed by atoms with Crippen molar-refractivity contribution in [3.63, 3.8) is 0 Å². The summed E-state index contributed by atoms with van der Waals surface area (Å²) < 4.78 is 50.4. The van der Waals surface area contributed by atoms with Crippen LogP contribution >= 0.6 is 0 Å². The molecule has 0 spiro atoms. The first-order chi connectivity index (χ1) is 12.5. The van der Waals surface area contributed by atoms with Crippen molar-refractivity contribution in [3.05, 3.63) is 47.3 Å². The Balaban J connectivity index is 2.18. The van der Waals surface area contributed by atoms with Crippen LogP contribution in [0, 0.1) is 0 Å². The van der Waals surface area contributed by atoms with Gasteiger partial charge in [0.05, 0.1) is 19.3 Å². The quantitative estimate of drug-likeness (QED) is 0.846. The number of rotatable bonds is 5. The number of benzene rings is 1. The fourth-order valence-electron chi connectivity index (χ4n) is 2.23. The molecule has 1 aromatic carbocycles. The number of ether oxygens (including phenoxy) is 2. The fraction of sp³-hybridized carbons (Fsp3) is 0.444. The zero-order valence-corrected chi connectivity index (χ0v) is 15.6. The van der Waals surface area contributed by atoms with Gasteiger partial charge < -0.3 is 14.8 Å². The zero-order valence-electron chi connectivity index (χ0n) is 15.6. The van der Waals surface area contributed by atoms with Crippen LogP contribution in [0.15, 0.2) is 30.3 Å². The molecule has 0 radical (unpaired) electrons. The standard InChI is InChI=1S/C18H22F3N3O3/c1-17(2,3)22-16(25)27-11-13-9-15(18(19,20)21)23-24(13)10-12-5-7-14(26-4)8-6-12/h5-9H,10-11H2,1-4H3,(H,22,25). The molecule has 1 heterocycles. The van der Waals surface area contributed by atoms with Crippen molar-refractivity contribution in [2.75, 3.05) is 7.11 Å². The number of carbonyl (C=O) groups is 1. The molecule has 0 aliphatic heterocycles. The third-order valence-electron chi connectivity index (χ3n) is 3.47. The molecule has 148 valence electrons. The van der Waals surface area contributed by atoms with E-state index in [0.717, 1.165) is 11.6 Å². The van der Waals surface area contributed by atoms with Gasteiger partial charge in [0.1, 0.15) is 12.4 Å². The number of methoxy groups -OCH3 is 1. The number of alkyl halides is 3. The average molecular weight is 385 g/mol. The minimum absolute atomic E-state index is 0.0969. The Hall–Kier alpha value is -2.71. The molecule has 0 saturated heterocycles. The summed E-state index contributed by atoms with van der Waals surface area (Å²) in [6, 6.07) is 7.75. The highest BCUT2D eigenvalue weighted by molar-refractivity contribution is 5.68. The molecular formula is C18H22F3N3O3. The number of hydrogen-bond acceptors (Lipinski definition) is 4. The van der Waals surface area contributed by atoms with Crippen LogP contribution in [0.25, 0.3) is 0 Å². The molecule has 0 atom stereocenters. The second-order valence-corrected chi connectivity index (χ2v) is 6.98. The first-order valence-electron chi connectivity index (χ1n) is 8.20. The summed E-state index contributed by atoms with van der Waals surface area (Å²) in [4.78, 5) is 11.8.